The number of nitrogens with one attached hydrogen (secondary N) is 1. The molecule has 6 heteroatoms. The van der Waals surface area contributed by atoms with Gasteiger partial charge in [0, 0.05) is 18.9 Å². The van der Waals surface area contributed by atoms with Gasteiger partial charge in [0.25, 0.3) is 0 Å². The Morgan fingerprint density at radius 1 is 1.29 bits per heavy atom. The van der Waals surface area contributed by atoms with Crippen LogP contribution in [0.2, 0.25) is 0 Å². The van der Waals surface area contributed by atoms with Crippen molar-refractivity contribution in [3.8, 4) is 5.75 Å². The van der Waals surface area contributed by atoms with E-state index in [4.69, 9.17) is 4.74 Å². The fraction of sp³-hybridized carbons (Fsp3) is 0.444. The Hall–Kier alpha value is -2.34. The number of aliphatic hydroxyl groups excluding tert-OH is 1. The van der Waals surface area contributed by atoms with Gasteiger partial charge in [-0.25, -0.2) is 0 Å². The molecular weight excluding hydrogens is 306 g/mol. The van der Waals surface area contributed by atoms with E-state index in [1.54, 1.807) is 6.20 Å². The maximum Gasteiger partial charge on any atom is 0.223 e. The van der Waals surface area contributed by atoms with E-state index in [9.17, 15) is 9.90 Å². The van der Waals surface area contributed by atoms with Crippen LogP contribution in [-0.4, -0.2) is 39.5 Å². The van der Waals surface area contributed by atoms with Crippen LogP contribution in [0.15, 0.2) is 48.8 Å². The average molecular weight is 329 g/mol. The first-order chi connectivity index (χ1) is 11.7. The van der Waals surface area contributed by atoms with Crippen LogP contribution in [0.1, 0.15) is 19.3 Å². The summed E-state index contributed by atoms with van der Waals surface area (Å²) >= 11 is 0. The van der Waals surface area contributed by atoms with Crippen molar-refractivity contribution in [1.29, 1.82) is 0 Å². The van der Waals surface area contributed by atoms with E-state index in [0.717, 1.165) is 18.7 Å². The van der Waals surface area contributed by atoms with Gasteiger partial charge in [0.1, 0.15) is 5.75 Å². The highest BCUT2D eigenvalue weighted by atomic mass is 16.5. The van der Waals surface area contributed by atoms with E-state index in [1.807, 2.05) is 47.3 Å². The molecule has 1 heterocycles. The van der Waals surface area contributed by atoms with Gasteiger partial charge in [0.05, 0.1) is 25.2 Å². The van der Waals surface area contributed by atoms with E-state index < -0.39 is 6.10 Å². The highest BCUT2D eigenvalue weighted by Gasteiger charge is 2.34. The van der Waals surface area contributed by atoms with Gasteiger partial charge in [0.2, 0.25) is 5.91 Å². The second-order valence-corrected chi connectivity index (χ2v) is 6.22. The van der Waals surface area contributed by atoms with E-state index >= 15 is 0 Å². The number of nitrogens with zero attached hydrogens (tertiary/aromatic N) is 2. The summed E-state index contributed by atoms with van der Waals surface area (Å²) in [6.07, 6.45) is 4.90. The first-order valence-corrected chi connectivity index (χ1v) is 8.33. The standard InChI is InChI=1S/C18H23N3O3/c22-17-12-14(13-21-9-4-8-19-21)11-16(17)20-18(23)7-10-24-15-5-2-1-3-6-15/h1-6,8-9,14,16-17,22H,7,10-13H2,(H,20,23)/t14?,16-,17-/m1/s1. The highest BCUT2D eigenvalue weighted by molar-refractivity contribution is 5.76. The van der Waals surface area contributed by atoms with Gasteiger partial charge in [-0.1, -0.05) is 18.2 Å². The van der Waals surface area contributed by atoms with Crippen LogP contribution in [-0.2, 0) is 11.3 Å². The van der Waals surface area contributed by atoms with Gasteiger partial charge in [-0.3, -0.25) is 9.48 Å². The monoisotopic (exact) mass is 329 g/mol. The minimum absolute atomic E-state index is 0.0882. The van der Waals surface area contributed by atoms with Crippen LogP contribution in [0.5, 0.6) is 5.75 Å². The van der Waals surface area contributed by atoms with Crippen LogP contribution in [0.3, 0.4) is 0 Å². The van der Waals surface area contributed by atoms with Crippen molar-refractivity contribution in [3.63, 3.8) is 0 Å². The SMILES string of the molecule is O=C(CCOc1ccccc1)N[C@@H]1CC(Cn2cccn2)C[C@H]1O. The second-order valence-electron chi connectivity index (χ2n) is 6.22. The highest BCUT2D eigenvalue weighted by Crippen LogP contribution is 2.27. The van der Waals surface area contributed by atoms with Crippen molar-refractivity contribution in [1.82, 2.24) is 15.1 Å². The molecule has 0 aliphatic heterocycles. The van der Waals surface area contributed by atoms with Gasteiger partial charge in [-0.15, -0.1) is 0 Å². The fourth-order valence-corrected chi connectivity index (χ4v) is 3.15. The third-order valence-corrected chi connectivity index (χ3v) is 4.32. The smallest absolute Gasteiger partial charge is 0.223 e. The topological polar surface area (TPSA) is 76.4 Å². The number of aliphatic hydroxyl groups is 1. The largest absolute Gasteiger partial charge is 0.493 e. The lowest BCUT2D eigenvalue weighted by Gasteiger charge is -2.16. The van der Waals surface area contributed by atoms with Gasteiger partial charge in [-0.05, 0) is 37.0 Å². The van der Waals surface area contributed by atoms with Gasteiger partial charge < -0.3 is 15.2 Å². The number of rotatable bonds is 7. The first-order valence-electron chi connectivity index (χ1n) is 8.33. The molecule has 1 aliphatic carbocycles. The predicted octanol–water partition coefficient (Wildman–Crippen LogP) is 1.61. The number of hydrogen-bond donors (Lipinski definition) is 2. The van der Waals surface area contributed by atoms with E-state index in [0.29, 0.717) is 18.9 Å². The van der Waals surface area contributed by atoms with E-state index in [2.05, 4.69) is 10.4 Å². The normalized spacial score (nSPS) is 23.1. The van der Waals surface area contributed by atoms with Crippen LogP contribution in [0.25, 0.3) is 0 Å². The summed E-state index contributed by atoms with van der Waals surface area (Å²) < 4.78 is 7.39. The number of amides is 1. The summed E-state index contributed by atoms with van der Waals surface area (Å²) in [7, 11) is 0. The molecule has 1 aromatic heterocycles. The minimum atomic E-state index is -0.496. The van der Waals surface area contributed by atoms with Crippen molar-refractivity contribution in [2.24, 2.45) is 5.92 Å². The molecule has 1 amide bonds. The maximum absolute atomic E-state index is 12.0. The predicted molar refractivity (Wildman–Crippen MR) is 89.4 cm³/mol. The molecule has 0 spiro atoms. The zero-order chi connectivity index (χ0) is 16.8. The molecule has 0 saturated heterocycles. The Labute approximate surface area is 141 Å². The summed E-state index contributed by atoms with van der Waals surface area (Å²) in [4.78, 5) is 12.0. The second kappa shape index (κ2) is 7.97. The molecule has 2 aromatic rings. The first kappa shape index (κ1) is 16.5. The molecule has 1 unspecified atom stereocenters. The number of ether oxygens (including phenoxy) is 1. The van der Waals surface area contributed by atoms with Crippen LogP contribution in [0, 0.1) is 5.92 Å². The lowest BCUT2D eigenvalue weighted by atomic mass is 10.1. The van der Waals surface area contributed by atoms with E-state index in [-0.39, 0.29) is 18.4 Å². The number of carbonyl (C=O) groups is 1. The molecular formula is C18H23N3O3. The van der Waals surface area contributed by atoms with Gasteiger partial charge in [-0.2, -0.15) is 5.10 Å². The fourth-order valence-electron chi connectivity index (χ4n) is 3.15. The number of carbonyl (C=O) groups excluding carboxylic acids is 1. The molecule has 0 radical (unpaired) electrons. The Balaban J connectivity index is 1.39. The Morgan fingerprint density at radius 3 is 2.88 bits per heavy atom. The lowest BCUT2D eigenvalue weighted by molar-refractivity contribution is -0.122. The van der Waals surface area contributed by atoms with Gasteiger partial charge >= 0.3 is 0 Å². The molecule has 1 aliphatic rings. The van der Waals surface area contributed by atoms with Crippen LogP contribution < -0.4 is 10.1 Å². The van der Waals surface area contributed by atoms with Crippen LogP contribution in [0.4, 0.5) is 0 Å². The molecule has 1 aromatic carbocycles. The third kappa shape index (κ3) is 4.58. The van der Waals surface area contributed by atoms with Crippen molar-refractivity contribution < 1.29 is 14.6 Å². The summed E-state index contributed by atoms with van der Waals surface area (Å²) in [5.41, 5.74) is 0. The van der Waals surface area contributed by atoms with Crippen LogP contribution >= 0.6 is 0 Å². The molecule has 24 heavy (non-hydrogen) atoms. The molecule has 3 rings (SSSR count). The maximum atomic E-state index is 12.0. The van der Waals surface area contributed by atoms with Crippen molar-refractivity contribution in [3.05, 3.63) is 48.8 Å². The summed E-state index contributed by atoms with van der Waals surface area (Å²) in [6.45, 7) is 1.10. The number of aromatic nitrogens is 2. The van der Waals surface area contributed by atoms with Crippen molar-refractivity contribution in [2.75, 3.05) is 6.61 Å². The summed E-state index contributed by atoms with van der Waals surface area (Å²) in [6, 6.07) is 11.1. The Morgan fingerprint density at radius 2 is 2.12 bits per heavy atom. The molecule has 0 bridgehead atoms. The lowest BCUT2D eigenvalue weighted by Crippen LogP contribution is -2.40. The molecule has 6 nitrogen and oxygen atoms in total. The summed E-state index contributed by atoms with van der Waals surface area (Å²) in [5.74, 6) is 0.992. The average Bonchev–Trinajstić information content (AvgIpc) is 3.19. The minimum Gasteiger partial charge on any atom is -0.493 e. The number of para-hydroxylation sites is 1. The molecule has 3 atom stereocenters. The van der Waals surface area contributed by atoms with E-state index in [1.165, 1.54) is 0 Å². The quantitative estimate of drug-likeness (QED) is 0.809. The molecule has 128 valence electrons. The number of hydrogen-bond acceptors (Lipinski definition) is 4. The zero-order valence-electron chi connectivity index (χ0n) is 13.5. The van der Waals surface area contributed by atoms with Crippen molar-refractivity contribution in [2.45, 2.75) is 38.0 Å². The zero-order valence-corrected chi connectivity index (χ0v) is 13.5. The third-order valence-electron chi connectivity index (χ3n) is 4.32. The molecule has 2 N–H and O–H groups in total. The summed E-state index contributed by atoms with van der Waals surface area (Å²) in [5, 5.41) is 17.3. The Bertz CT molecular complexity index is 630. The van der Waals surface area contributed by atoms with Gasteiger partial charge in [0.15, 0.2) is 0 Å². The molecule has 1 saturated carbocycles. The van der Waals surface area contributed by atoms with Crippen molar-refractivity contribution >= 4 is 5.91 Å². The molecule has 1 fully saturated rings. The number of benzene rings is 1. The Kier molecular flexibility index (Phi) is 5.48.